The van der Waals surface area contributed by atoms with Gasteiger partial charge in [0, 0.05) is 4.48 Å². The number of nitrogens with one attached hydrogen (secondary N) is 1. The molecule has 0 aliphatic carbocycles. The average molecular weight is 381 g/mol. The number of rotatable bonds is 5. The number of halogens is 1. The third-order valence-corrected chi connectivity index (χ3v) is 3.86. The van der Waals surface area contributed by atoms with Crippen molar-refractivity contribution < 1.29 is 4.79 Å². The van der Waals surface area contributed by atoms with Crippen molar-refractivity contribution in [3.8, 4) is 6.07 Å². The summed E-state index contributed by atoms with van der Waals surface area (Å²) in [6.45, 7) is 1.89. The van der Waals surface area contributed by atoms with E-state index in [9.17, 15) is 10.1 Å². The van der Waals surface area contributed by atoms with E-state index in [1.165, 1.54) is 6.08 Å². The van der Waals surface area contributed by atoms with Crippen LogP contribution < -0.4 is 5.32 Å². The number of nitrogens with zero attached hydrogens (tertiary/aromatic N) is 1. The molecular weight excluding hydrogens is 364 g/mol. The second-order valence-electron chi connectivity index (χ2n) is 5.22. The van der Waals surface area contributed by atoms with Crippen LogP contribution in [0.15, 0.2) is 76.8 Å². The van der Waals surface area contributed by atoms with E-state index in [1.54, 1.807) is 0 Å². The molecule has 0 radical (unpaired) electrons. The van der Waals surface area contributed by atoms with E-state index >= 15 is 0 Å². The number of allylic oxidation sites excluding steroid dienone is 2. The molecule has 0 aromatic heterocycles. The van der Waals surface area contributed by atoms with Gasteiger partial charge in [-0.05, 0) is 30.2 Å². The summed E-state index contributed by atoms with van der Waals surface area (Å²) in [5.41, 5.74) is 2.02. The molecule has 0 unspecified atom stereocenters. The van der Waals surface area contributed by atoms with Gasteiger partial charge in [-0.3, -0.25) is 4.79 Å². The molecule has 120 valence electrons. The molecule has 0 saturated heterocycles. The largest absolute Gasteiger partial charge is 0.345 e. The van der Waals surface area contributed by atoms with Crippen LogP contribution in [0.5, 0.6) is 0 Å². The molecule has 1 atom stereocenters. The summed E-state index contributed by atoms with van der Waals surface area (Å²) in [4.78, 5) is 12.3. The van der Waals surface area contributed by atoms with Crippen molar-refractivity contribution in [3.63, 3.8) is 0 Å². The van der Waals surface area contributed by atoms with Crippen LogP contribution in [0, 0.1) is 11.3 Å². The Bertz CT molecular complexity index is 789. The van der Waals surface area contributed by atoms with Crippen molar-refractivity contribution >= 4 is 27.9 Å². The first-order valence-electron chi connectivity index (χ1n) is 7.50. The van der Waals surface area contributed by atoms with Gasteiger partial charge in [0.05, 0.1) is 6.04 Å². The van der Waals surface area contributed by atoms with Crippen molar-refractivity contribution in [1.82, 2.24) is 5.32 Å². The topological polar surface area (TPSA) is 52.9 Å². The molecule has 0 heterocycles. The number of carbonyl (C=O) groups excluding carboxylic acids is 1. The van der Waals surface area contributed by atoms with E-state index in [2.05, 4.69) is 21.2 Å². The maximum atomic E-state index is 12.3. The van der Waals surface area contributed by atoms with E-state index in [1.807, 2.05) is 79.7 Å². The fourth-order valence-electron chi connectivity index (χ4n) is 2.14. The Hall–Kier alpha value is -2.64. The van der Waals surface area contributed by atoms with Gasteiger partial charge in [0.15, 0.2) is 0 Å². The van der Waals surface area contributed by atoms with Gasteiger partial charge < -0.3 is 5.32 Å². The zero-order chi connectivity index (χ0) is 17.4. The van der Waals surface area contributed by atoms with Crippen molar-refractivity contribution in [1.29, 1.82) is 5.26 Å². The second kappa shape index (κ2) is 8.85. The zero-order valence-corrected chi connectivity index (χ0v) is 14.8. The Morgan fingerprint density at radius 2 is 1.71 bits per heavy atom. The minimum absolute atomic E-state index is 0.0526. The van der Waals surface area contributed by atoms with Gasteiger partial charge >= 0.3 is 0 Å². The third kappa shape index (κ3) is 5.22. The Labute approximate surface area is 150 Å². The van der Waals surface area contributed by atoms with Gasteiger partial charge in [0.2, 0.25) is 0 Å². The fourth-order valence-corrected chi connectivity index (χ4v) is 2.63. The predicted molar refractivity (Wildman–Crippen MR) is 100 cm³/mol. The Morgan fingerprint density at radius 3 is 2.29 bits per heavy atom. The van der Waals surface area contributed by atoms with Crippen molar-refractivity contribution in [3.05, 3.63) is 87.9 Å². The van der Waals surface area contributed by atoms with Crippen LogP contribution in [0.3, 0.4) is 0 Å². The molecule has 2 aromatic rings. The van der Waals surface area contributed by atoms with Crippen LogP contribution >= 0.6 is 15.9 Å². The summed E-state index contributed by atoms with van der Waals surface area (Å²) in [6, 6.07) is 21.1. The van der Waals surface area contributed by atoms with Gasteiger partial charge in [0.25, 0.3) is 5.91 Å². The number of nitriles is 1. The lowest BCUT2D eigenvalue weighted by molar-refractivity contribution is -0.117. The monoisotopic (exact) mass is 380 g/mol. The van der Waals surface area contributed by atoms with E-state index in [0.717, 1.165) is 11.1 Å². The lowest BCUT2D eigenvalue weighted by atomic mass is 10.1. The van der Waals surface area contributed by atoms with Crippen LogP contribution in [0.25, 0.3) is 6.08 Å². The SMILES string of the molecule is C[C@@H](NC(=O)/C(C#N)=C/C(Br)=C/c1ccccc1)c1ccccc1. The number of hydrogen-bond donors (Lipinski definition) is 1. The van der Waals surface area contributed by atoms with Crippen LogP contribution in [0.2, 0.25) is 0 Å². The maximum Gasteiger partial charge on any atom is 0.262 e. The second-order valence-corrected chi connectivity index (χ2v) is 6.13. The van der Waals surface area contributed by atoms with Gasteiger partial charge in [-0.25, -0.2) is 0 Å². The third-order valence-electron chi connectivity index (χ3n) is 3.40. The molecule has 0 aliphatic heterocycles. The molecule has 0 saturated carbocycles. The predicted octanol–water partition coefficient (Wildman–Crippen LogP) is 4.75. The molecule has 2 aromatic carbocycles. The Kier molecular flexibility index (Phi) is 6.53. The van der Waals surface area contributed by atoms with Crippen molar-refractivity contribution in [2.24, 2.45) is 0 Å². The van der Waals surface area contributed by atoms with E-state index in [4.69, 9.17) is 0 Å². The van der Waals surface area contributed by atoms with E-state index in [0.29, 0.717) is 4.48 Å². The van der Waals surface area contributed by atoms with Crippen molar-refractivity contribution in [2.45, 2.75) is 13.0 Å². The normalized spacial score (nSPS) is 13.0. The lowest BCUT2D eigenvalue weighted by Gasteiger charge is -2.13. The first-order valence-corrected chi connectivity index (χ1v) is 8.29. The van der Waals surface area contributed by atoms with Crippen LogP contribution in [0.1, 0.15) is 24.1 Å². The maximum absolute atomic E-state index is 12.3. The van der Waals surface area contributed by atoms with E-state index < -0.39 is 5.91 Å². The summed E-state index contributed by atoms with van der Waals surface area (Å²) in [5.74, 6) is -0.396. The highest BCUT2D eigenvalue weighted by atomic mass is 79.9. The quantitative estimate of drug-likeness (QED) is 0.462. The van der Waals surface area contributed by atoms with Gasteiger partial charge in [-0.15, -0.1) is 0 Å². The smallest absolute Gasteiger partial charge is 0.262 e. The molecular formula is C20H17BrN2O. The Morgan fingerprint density at radius 1 is 1.12 bits per heavy atom. The van der Waals surface area contributed by atoms with Crippen LogP contribution in [0.4, 0.5) is 0 Å². The number of amides is 1. The summed E-state index contributed by atoms with van der Waals surface area (Å²) in [6.07, 6.45) is 3.38. The Balaban J connectivity index is 2.11. The van der Waals surface area contributed by atoms with Crippen LogP contribution in [-0.2, 0) is 4.79 Å². The summed E-state index contributed by atoms with van der Waals surface area (Å²) >= 11 is 3.39. The first kappa shape index (κ1) is 17.7. The molecule has 0 fully saturated rings. The minimum atomic E-state index is -0.396. The van der Waals surface area contributed by atoms with Crippen molar-refractivity contribution in [2.75, 3.05) is 0 Å². The summed E-state index contributed by atoms with van der Waals surface area (Å²) in [5, 5.41) is 12.1. The highest BCUT2D eigenvalue weighted by Gasteiger charge is 2.13. The average Bonchev–Trinajstić information content (AvgIpc) is 2.61. The first-order chi connectivity index (χ1) is 11.6. The molecule has 0 aliphatic rings. The van der Waals surface area contributed by atoms with Gasteiger partial charge in [-0.2, -0.15) is 5.26 Å². The fraction of sp³-hybridized carbons (Fsp3) is 0.100. The lowest BCUT2D eigenvalue weighted by Crippen LogP contribution is -2.27. The van der Waals surface area contributed by atoms with Gasteiger partial charge in [-0.1, -0.05) is 76.6 Å². The highest BCUT2D eigenvalue weighted by Crippen LogP contribution is 2.17. The summed E-state index contributed by atoms with van der Waals surface area (Å²) < 4.78 is 0.660. The zero-order valence-electron chi connectivity index (χ0n) is 13.2. The number of carbonyl (C=O) groups is 1. The van der Waals surface area contributed by atoms with Crippen LogP contribution in [-0.4, -0.2) is 5.91 Å². The molecule has 0 spiro atoms. The molecule has 2 rings (SSSR count). The molecule has 0 bridgehead atoms. The van der Waals surface area contributed by atoms with Gasteiger partial charge in [0.1, 0.15) is 11.6 Å². The minimum Gasteiger partial charge on any atom is -0.345 e. The molecule has 3 nitrogen and oxygen atoms in total. The van der Waals surface area contributed by atoms with E-state index in [-0.39, 0.29) is 11.6 Å². The molecule has 24 heavy (non-hydrogen) atoms. The standard InChI is InChI=1S/C20H17BrN2O/c1-15(17-10-6-3-7-11-17)23-20(24)18(14-22)13-19(21)12-16-8-4-2-5-9-16/h2-13,15H,1H3,(H,23,24)/b18-13+,19-12-/t15-/m1/s1. The summed E-state index contributed by atoms with van der Waals surface area (Å²) in [7, 11) is 0. The number of benzene rings is 2. The molecule has 1 N–H and O–H groups in total. The molecule has 1 amide bonds. The highest BCUT2D eigenvalue weighted by molar-refractivity contribution is 9.12. The number of hydrogen-bond acceptors (Lipinski definition) is 2. The molecule has 4 heteroatoms.